The van der Waals surface area contributed by atoms with Crippen molar-refractivity contribution in [2.24, 2.45) is 0 Å². The molecule has 1 N–H and O–H groups in total. The summed E-state index contributed by atoms with van der Waals surface area (Å²) in [5.74, 6) is -0.172. The Morgan fingerprint density at radius 2 is 1.74 bits per heavy atom. The summed E-state index contributed by atoms with van der Waals surface area (Å²) < 4.78 is 1.83. The van der Waals surface area contributed by atoms with E-state index in [9.17, 15) is 9.59 Å². The molecule has 2 amide bonds. The number of hydrogen-bond acceptors (Lipinski definition) is 3. The molecule has 1 aromatic heterocycles. The van der Waals surface area contributed by atoms with Gasteiger partial charge in [0.1, 0.15) is 5.54 Å². The van der Waals surface area contributed by atoms with Crippen molar-refractivity contribution in [2.75, 3.05) is 13.1 Å². The van der Waals surface area contributed by atoms with Gasteiger partial charge in [-0.05, 0) is 62.4 Å². The lowest BCUT2D eigenvalue weighted by Gasteiger charge is -2.43. The fourth-order valence-corrected chi connectivity index (χ4v) is 4.14. The van der Waals surface area contributed by atoms with Gasteiger partial charge in [0.15, 0.2) is 0 Å². The van der Waals surface area contributed by atoms with Crippen LogP contribution in [0.5, 0.6) is 0 Å². The number of likely N-dealkylation sites (tertiary alicyclic amines) is 1. The van der Waals surface area contributed by atoms with E-state index in [1.54, 1.807) is 17.0 Å². The molecule has 2 heterocycles. The molecule has 4 rings (SSSR count). The van der Waals surface area contributed by atoms with Crippen LogP contribution in [0.4, 0.5) is 0 Å². The van der Waals surface area contributed by atoms with Crippen LogP contribution in [0.15, 0.2) is 73.1 Å². The largest absolute Gasteiger partial charge is 0.354 e. The van der Waals surface area contributed by atoms with Gasteiger partial charge in [0, 0.05) is 24.8 Å². The number of aromatic nitrogens is 2. The van der Waals surface area contributed by atoms with Gasteiger partial charge in [-0.2, -0.15) is 5.10 Å². The first-order chi connectivity index (χ1) is 15.1. The summed E-state index contributed by atoms with van der Waals surface area (Å²) in [6.07, 6.45) is 7.01. The molecule has 1 aliphatic heterocycles. The van der Waals surface area contributed by atoms with Crippen LogP contribution in [0.25, 0.3) is 5.69 Å². The lowest BCUT2D eigenvalue weighted by molar-refractivity contribution is -0.133. The fourth-order valence-electron chi connectivity index (χ4n) is 4.14. The molecular weight excluding hydrogens is 388 g/mol. The van der Waals surface area contributed by atoms with Gasteiger partial charge in [-0.3, -0.25) is 9.59 Å². The second-order valence-electron chi connectivity index (χ2n) is 8.19. The molecule has 3 aromatic rings. The Bertz CT molecular complexity index is 1030. The summed E-state index contributed by atoms with van der Waals surface area (Å²) in [6, 6.07) is 19.1. The van der Waals surface area contributed by atoms with Crippen molar-refractivity contribution >= 4 is 11.8 Å². The van der Waals surface area contributed by atoms with Gasteiger partial charge in [-0.1, -0.05) is 36.4 Å². The van der Waals surface area contributed by atoms with Gasteiger partial charge in [0.25, 0.3) is 5.91 Å². The van der Waals surface area contributed by atoms with E-state index in [4.69, 9.17) is 0 Å². The van der Waals surface area contributed by atoms with E-state index < -0.39 is 5.54 Å². The zero-order valence-electron chi connectivity index (χ0n) is 17.8. The van der Waals surface area contributed by atoms with E-state index in [-0.39, 0.29) is 11.8 Å². The molecule has 31 heavy (non-hydrogen) atoms. The molecular formula is C25H28N4O2. The van der Waals surface area contributed by atoms with Gasteiger partial charge >= 0.3 is 0 Å². The number of nitrogens with zero attached hydrogens (tertiary/aromatic N) is 3. The van der Waals surface area contributed by atoms with Crippen molar-refractivity contribution in [3.05, 3.63) is 84.2 Å². The summed E-state index contributed by atoms with van der Waals surface area (Å²) >= 11 is 0. The lowest BCUT2D eigenvalue weighted by atomic mass is 9.86. The van der Waals surface area contributed by atoms with E-state index in [1.807, 2.05) is 72.5 Å². The Morgan fingerprint density at radius 3 is 2.48 bits per heavy atom. The maximum Gasteiger partial charge on any atom is 0.254 e. The fraction of sp³-hybridized carbons (Fsp3) is 0.320. The van der Waals surface area contributed by atoms with Gasteiger partial charge in [-0.15, -0.1) is 0 Å². The van der Waals surface area contributed by atoms with Crippen LogP contribution in [0, 0.1) is 0 Å². The number of amides is 2. The highest BCUT2D eigenvalue weighted by atomic mass is 16.2. The molecule has 1 atom stereocenters. The van der Waals surface area contributed by atoms with Gasteiger partial charge in [0.2, 0.25) is 5.91 Å². The number of rotatable bonds is 6. The van der Waals surface area contributed by atoms with Crippen molar-refractivity contribution in [3.8, 4) is 5.69 Å². The maximum absolute atomic E-state index is 13.2. The van der Waals surface area contributed by atoms with Crippen molar-refractivity contribution in [3.63, 3.8) is 0 Å². The Kier molecular flexibility index (Phi) is 6.16. The molecule has 2 aromatic carbocycles. The standard InChI is InChI=1S/C25H28N4O2/c1-25(15-8-9-17-28(25)23(30)21-10-4-2-5-11-21)24(31)26-16-14-20-18-27-29(19-20)22-12-6-3-7-13-22/h2-7,10-13,18-19H,8-9,14-17H2,1H3,(H,26,31)/t25-/m1/s1. The van der Waals surface area contributed by atoms with Crippen LogP contribution < -0.4 is 5.32 Å². The number of piperidine rings is 1. The second kappa shape index (κ2) is 9.16. The third kappa shape index (κ3) is 4.53. The van der Waals surface area contributed by atoms with Crippen molar-refractivity contribution < 1.29 is 9.59 Å². The third-order valence-electron chi connectivity index (χ3n) is 6.00. The quantitative estimate of drug-likeness (QED) is 0.667. The Hall–Kier alpha value is -3.41. The normalized spacial score (nSPS) is 18.5. The van der Waals surface area contributed by atoms with Crippen molar-refractivity contribution in [2.45, 2.75) is 38.1 Å². The average Bonchev–Trinajstić information content (AvgIpc) is 3.29. The van der Waals surface area contributed by atoms with Crippen LogP contribution in [0.3, 0.4) is 0 Å². The zero-order valence-corrected chi connectivity index (χ0v) is 17.8. The van der Waals surface area contributed by atoms with Crippen LogP contribution in [0.2, 0.25) is 0 Å². The number of benzene rings is 2. The minimum Gasteiger partial charge on any atom is -0.354 e. The Morgan fingerprint density at radius 1 is 1.03 bits per heavy atom. The molecule has 0 spiro atoms. The minimum absolute atomic E-state index is 0.0814. The van der Waals surface area contributed by atoms with E-state index in [0.717, 1.165) is 24.1 Å². The van der Waals surface area contributed by atoms with Gasteiger partial charge in [0.05, 0.1) is 11.9 Å². The molecule has 160 valence electrons. The number of carbonyl (C=O) groups excluding carboxylic acids is 2. The predicted octanol–water partition coefficient (Wildman–Crippen LogP) is 3.62. The Balaban J connectivity index is 1.39. The highest BCUT2D eigenvalue weighted by molar-refractivity contribution is 5.99. The second-order valence-corrected chi connectivity index (χ2v) is 8.19. The molecule has 0 saturated carbocycles. The molecule has 6 nitrogen and oxygen atoms in total. The molecule has 6 heteroatoms. The Labute approximate surface area is 182 Å². The maximum atomic E-state index is 13.2. The van der Waals surface area contributed by atoms with E-state index in [1.165, 1.54) is 0 Å². The lowest BCUT2D eigenvalue weighted by Crippen LogP contribution is -2.61. The van der Waals surface area contributed by atoms with Gasteiger partial charge in [-0.25, -0.2) is 4.68 Å². The smallest absolute Gasteiger partial charge is 0.254 e. The van der Waals surface area contributed by atoms with E-state index in [0.29, 0.717) is 31.5 Å². The third-order valence-corrected chi connectivity index (χ3v) is 6.00. The monoisotopic (exact) mass is 416 g/mol. The first kappa shape index (κ1) is 20.8. The molecule has 1 saturated heterocycles. The molecule has 1 fully saturated rings. The number of carbonyl (C=O) groups is 2. The minimum atomic E-state index is -0.834. The first-order valence-corrected chi connectivity index (χ1v) is 10.8. The first-order valence-electron chi connectivity index (χ1n) is 10.8. The van der Waals surface area contributed by atoms with Crippen LogP contribution in [-0.4, -0.2) is 45.1 Å². The zero-order chi connectivity index (χ0) is 21.7. The van der Waals surface area contributed by atoms with Gasteiger partial charge < -0.3 is 10.2 Å². The highest BCUT2D eigenvalue weighted by Gasteiger charge is 2.43. The van der Waals surface area contributed by atoms with E-state index >= 15 is 0 Å². The molecule has 0 bridgehead atoms. The number of hydrogen-bond donors (Lipinski definition) is 1. The van der Waals surface area contributed by atoms with Crippen molar-refractivity contribution in [1.29, 1.82) is 0 Å². The SMILES string of the molecule is C[C@]1(C(=O)NCCc2cnn(-c3ccccc3)c2)CCCCN1C(=O)c1ccccc1. The summed E-state index contributed by atoms with van der Waals surface area (Å²) in [5.41, 5.74) is 1.84. The molecule has 0 radical (unpaired) electrons. The molecule has 0 unspecified atom stereocenters. The summed E-state index contributed by atoms with van der Waals surface area (Å²) in [4.78, 5) is 28.0. The summed E-state index contributed by atoms with van der Waals surface area (Å²) in [6.45, 7) is 2.99. The molecule has 0 aliphatic carbocycles. The predicted molar refractivity (Wildman–Crippen MR) is 120 cm³/mol. The van der Waals surface area contributed by atoms with E-state index in [2.05, 4.69) is 10.4 Å². The summed E-state index contributed by atoms with van der Waals surface area (Å²) in [7, 11) is 0. The van der Waals surface area contributed by atoms with Crippen LogP contribution >= 0.6 is 0 Å². The van der Waals surface area contributed by atoms with Crippen LogP contribution in [-0.2, 0) is 11.2 Å². The highest BCUT2D eigenvalue weighted by Crippen LogP contribution is 2.30. The van der Waals surface area contributed by atoms with Crippen molar-refractivity contribution in [1.82, 2.24) is 20.0 Å². The van der Waals surface area contributed by atoms with Crippen LogP contribution in [0.1, 0.15) is 42.1 Å². The average molecular weight is 417 g/mol. The number of para-hydroxylation sites is 1. The number of nitrogens with one attached hydrogen (secondary N) is 1. The molecule has 1 aliphatic rings. The summed E-state index contributed by atoms with van der Waals surface area (Å²) in [5, 5.41) is 7.46. The topological polar surface area (TPSA) is 67.2 Å².